The van der Waals surface area contributed by atoms with Gasteiger partial charge in [-0.1, -0.05) is 20.4 Å². The second-order valence-electron chi connectivity index (χ2n) is 2.98. The van der Waals surface area contributed by atoms with E-state index in [1.165, 1.54) is 0 Å². The van der Waals surface area contributed by atoms with Gasteiger partial charge < -0.3 is 10.8 Å². The standard InChI is InChI=1S/C9H17NO2/c1-4-9(5-2,6-10)7(3)8(11)12/h3-6,10H2,1-2H3,(H,11,12). The number of nitrogens with two attached hydrogens (primary N) is 1. The number of carbonyl (C=O) groups is 1. The fourth-order valence-corrected chi connectivity index (χ4v) is 1.32. The van der Waals surface area contributed by atoms with Crippen LogP contribution < -0.4 is 5.73 Å². The molecule has 0 spiro atoms. The summed E-state index contributed by atoms with van der Waals surface area (Å²) in [5, 5.41) is 8.76. The van der Waals surface area contributed by atoms with Crippen molar-refractivity contribution >= 4 is 5.97 Å². The Morgan fingerprint density at radius 1 is 1.50 bits per heavy atom. The molecule has 70 valence electrons. The van der Waals surface area contributed by atoms with E-state index in [2.05, 4.69) is 6.58 Å². The molecule has 3 nitrogen and oxygen atoms in total. The van der Waals surface area contributed by atoms with E-state index in [1.54, 1.807) is 0 Å². The van der Waals surface area contributed by atoms with Crippen LogP contribution in [0.25, 0.3) is 0 Å². The highest BCUT2D eigenvalue weighted by molar-refractivity contribution is 5.87. The predicted molar refractivity (Wildman–Crippen MR) is 48.8 cm³/mol. The molecule has 0 bridgehead atoms. The monoisotopic (exact) mass is 171 g/mol. The molecule has 0 saturated heterocycles. The number of hydrogen-bond donors (Lipinski definition) is 2. The maximum Gasteiger partial charge on any atom is 0.331 e. The molecule has 0 amide bonds. The van der Waals surface area contributed by atoms with Crippen LogP contribution in [0.15, 0.2) is 12.2 Å². The lowest BCUT2D eigenvalue weighted by molar-refractivity contribution is -0.134. The van der Waals surface area contributed by atoms with E-state index in [4.69, 9.17) is 10.8 Å². The first kappa shape index (κ1) is 11.2. The van der Waals surface area contributed by atoms with Crippen LogP contribution in [0.2, 0.25) is 0 Å². The second-order valence-corrected chi connectivity index (χ2v) is 2.98. The minimum Gasteiger partial charge on any atom is -0.478 e. The number of aliphatic carboxylic acids is 1. The van der Waals surface area contributed by atoms with E-state index in [-0.39, 0.29) is 5.57 Å². The molecule has 0 unspecified atom stereocenters. The lowest BCUT2D eigenvalue weighted by atomic mass is 9.76. The van der Waals surface area contributed by atoms with Crippen molar-refractivity contribution in [3.63, 3.8) is 0 Å². The third kappa shape index (κ3) is 1.85. The van der Waals surface area contributed by atoms with E-state index in [0.717, 1.165) is 12.8 Å². The number of hydrogen-bond acceptors (Lipinski definition) is 2. The fraction of sp³-hybridized carbons (Fsp3) is 0.667. The number of rotatable bonds is 5. The summed E-state index contributed by atoms with van der Waals surface area (Å²) in [6.07, 6.45) is 1.45. The molecular formula is C9H17NO2. The first-order valence-corrected chi connectivity index (χ1v) is 4.16. The van der Waals surface area contributed by atoms with Gasteiger partial charge in [0.1, 0.15) is 0 Å². The maximum absolute atomic E-state index is 10.7. The third-order valence-corrected chi connectivity index (χ3v) is 2.64. The Morgan fingerprint density at radius 2 is 1.92 bits per heavy atom. The molecule has 12 heavy (non-hydrogen) atoms. The van der Waals surface area contributed by atoms with Crippen LogP contribution in [0.3, 0.4) is 0 Å². The van der Waals surface area contributed by atoms with Gasteiger partial charge in [0.15, 0.2) is 0 Å². The molecule has 0 heterocycles. The summed E-state index contributed by atoms with van der Waals surface area (Å²) >= 11 is 0. The SMILES string of the molecule is C=C(C(=O)O)C(CC)(CC)CN. The minimum atomic E-state index is -0.941. The lowest BCUT2D eigenvalue weighted by Crippen LogP contribution is -2.34. The van der Waals surface area contributed by atoms with Gasteiger partial charge in [0.2, 0.25) is 0 Å². The van der Waals surface area contributed by atoms with Gasteiger partial charge in [-0.3, -0.25) is 0 Å². The normalized spacial score (nSPS) is 11.2. The summed E-state index contributed by atoms with van der Waals surface area (Å²) in [6.45, 7) is 7.78. The lowest BCUT2D eigenvalue weighted by Gasteiger charge is -2.29. The molecule has 0 aliphatic carbocycles. The Morgan fingerprint density at radius 3 is 2.00 bits per heavy atom. The average molecular weight is 171 g/mol. The van der Waals surface area contributed by atoms with Gasteiger partial charge in [-0.15, -0.1) is 0 Å². The molecule has 0 atom stereocenters. The van der Waals surface area contributed by atoms with Crippen LogP contribution in [-0.2, 0) is 4.79 Å². The summed E-state index contributed by atoms with van der Waals surface area (Å²) in [6, 6.07) is 0. The van der Waals surface area contributed by atoms with Crippen molar-refractivity contribution in [2.45, 2.75) is 26.7 Å². The van der Waals surface area contributed by atoms with E-state index >= 15 is 0 Å². The smallest absolute Gasteiger partial charge is 0.331 e. The largest absolute Gasteiger partial charge is 0.478 e. The molecule has 0 radical (unpaired) electrons. The molecule has 3 N–H and O–H groups in total. The highest BCUT2D eigenvalue weighted by atomic mass is 16.4. The van der Waals surface area contributed by atoms with Crippen molar-refractivity contribution in [2.75, 3.05) is 6.54 Å². The first-order valence-electron chi connectivity index (χ1n) is 4.16. The van der Waals surface area contributed by atoms with Crippen LogP contribution in [0.1, 0.15) is 26.7 Å². The molecule has 0 aliphatic heterocycles. The molecule has 3 heteroatoms. The van der Waals surface area contributed by atoms with Crippen molar-refractivity contribution in [1.29, 1.82) is 0 Å². The van der Waals surface area contributed by atoms with E-state index in [0.29, 0.717) is 6.54 Å². The quantitative estimate of drug-likeness (QED) is 0.614. The molecule has 0 fully saturated rings. The van der Waals surface area contributed by atoms with Crippen LogP contribution in [0.4, 0.5) is 0 Å². The van der Waals surface area contributed by atoms with Crippen molar-refractivity contribution in [1.82, 2.24) is 0 Å². The molecule has 0 aromatic rings. The maximum atomic E-state index is 10.7. The summed E-state index contributed by atoms with van der Waals surface area (Å²) in [4.78, 5) is 10.7. The second kappa shape index (κ2) is 4.26. The Bertz CT molecular complexity index is 175. The zero-order valence-corrected chi connectivity index (χ0v) is 7.76. The zero-order valence-electron chi connectivity index (χ0n) is 7.76. The van der Waals surface area contributed by atoms with E-state index in [1.807, 2.05) is 13.8 Å². The molecule has 0 rings (SSSR count). The van der Waals surface area contributed by atoms with Gasteiger partial charge in [0, 0.05) is 17.5 Å². The Kier molecular flexibility index (Phi) is 3.96. The van der Waals surface area contributed by atoms with Crippen LogP contribution in [0.5, 0.6) is 0 Å². The van der Waals surface area contributed by atoms with Crippen LogP contribution in [0, 0.1) is 5.41 Å². The molecule has 0 aromatic carbocycles. The Balaban J connectivity index is 4.71. The van der Waals surface area contributed by atoms with Gasteiger partial charge >= 0.3 is 5.97 Å². The van der Waals surface area contributed by atoms with Crippen molar-refractivity contribution in [3.05, 3.63) is 12.2 Å². The summed E-state index contributed by atoms with van der Waals surface area (Å²) in [5.41, 5.74) is 5.36. The molecule has 0 aliphatic rings. The Labute approximate surface area is 73.3 Å². The number of carboxylic acids is 1. The highest BCUT2D eigenvalue weighted by Crippen LogP contribution is 2.32. The van der Waals surface area contributed by atoms with Gasteiger partial charge in [-0.05, 0) is 12.8 Å². The van der Waals surface area contributed by atoms with Gasteiger partial charge in [-0.2, -0.15) is 0 Å². The van der Waals surface area contributed by atoms with Crippen LogP contribution >= 0.6 is 0 Å². The minimum absolute atomic E-state index is 0.231. The molecule has 0 saturated carbocycles. The topological polar surface area (TPSA) is 63.3 Å². The third-order valence-electron chi connectivity index (χ3n) is 2.64. The van der Waals surface area contributed by atoms with Crippen LogP contribution in [-0.4, -0.2) is 17.6 Å². The first-order chi connectivity index (χ1) is 5.54. The highest BCUT2D eigenvalue weighted by Gasteiger charge is 2.31. The fourth-order valence-electron chi connectivity index (χ4n) is 1.32. The van der Waals surface area contributed by atoms with Crippen molar-refractivity contribution in [3.8, 4) is 0 Å². The van der Waals surface area contributed by atoms with Crippen molar-refractivity contribution in [2.24, 2.45) is 11.1 Å². The van der Waals surface area contributed by atoms with Gasteiger partial charge in [0.25, 0.3) is 0 Å². The van der Waals surface area contributed by atoms with Gasteiger partial charge in [0.05, 0.1) is 0 Å². The molecular weight excluding hydrogens is 154 g/mol. The summed E-state index contributed by atoms with van der Waals surface area (Å²) in [5.74, 6) is -0.941. The molecule has 0 aromatic heterocycles. The van der Waals surface area contributed by atoms with E-state index < -0.39 is 11.4 Å². The average Bonchev–Trinajstić information content (AvgIpc) is 2.08. The van der Waals surface area contributed by atoms with E-state index in [9.17, 15) is 4.79 Å². The number of carboxylic acid groups (broad SMARTS) is 1. The summed E-state index contributed by atoms with van der Waals surface area (Å²) < 4.78 is 0. The summed E-state index contributed by atoms with van der Waals surface area (Å²) in [7, 11) is 0. The zero-order chi connectivity index (χ0) is 9.78. The predicted octanol–water partition coefficient (Wildman–Crippen LogP) is 1.39. The van der Waals surface area contributed by atoms with Gasteiger partial charge in [-0.25, -0.2) is 4.79 Å². The Hall–Kier alpha value is -0.830. The van der Waals surface area contributed by atoms with Crippen molar-refractivity contribution < 1.29 is 9.90 Å².